The van der Waals surface area contributed by atoms with E-state index in [0.29, 0.717) is 24.2 Å². The van der Waals surface area contributed by atoms with Crippen LogP contribution in [0.5, 0.6) is 0 Å². The van der Waals surface area contributed by atoms with Crippen molar-refractivity contribution in [2.75, 3.05) is 19.6 Å². The van der Waals surface area contributed by atoms with Gasteiger partial charge in [-0.15, -0.1) is 0 Å². The van der Waals surface area contributed by atoms with Gasteiger partial charge < -0.3 is 10.2 Å². The summed E-state index contributed by atoms with van der Waals surface area (Å²) in [4.78, 5) is 51.9. The summed E-state index contributed by atoms with van der Waals surface area (Å²) in [7, 11) is 0. The van der Waals surface area contributed by atoms with E-state index in [0.717, 1.165) is 30.6 Å². The Morgan fingerprint density at radius 3 is 2.11 bits per heavy atom. The van der Waals surface area contributed by atoms with Crippen molar-refractivity contribution in [3.05, 3.63) is 35.4 Å². The Balaban J connectivity index is 1.25. The smallest absolute Gasteiger partial charge is 0.261 e. The Morgan fingerprint density at radius 1 is 0.963 bits per heavy atom. The zero-order valence-corrected chi connectivity index (χ0v) is 15.1. The number of fused-ring (bicyclic) bond motifs is 1. The van der Waals surface area contributed by atoms with Gasteiger partial charge in [0, 0.05) is 38.0 Å². The van der Waals surface area contributed by atoms with Crippen molar-refractivity contribution in [1.82, 2.24) is 15.1 Å². The van der Waals surface area contributed by atoms with Crippen molar-refractivity contribution in [3.63, 3.8) is 0 Å². The summed E-state index contributed by atoms with van der Waals surface area (Å²) in [6.45, 7) is 1.29. The fourth-order valence-corrected chi connectivity index (χ4v) is 3.75. The largest absolute Gasteiger partial charge is 0.353 e. The Hall–Kier alpha value is -2.70. The molecule has 2 heterocycles. The van der Waals surface area contributed by atoms with Crippen molar-refractivity contribution in [3.8, 4) is 0 Å². The lowest BCUT2D eigenvalue weighted by atomic mass is 10.0. The van der Waals surface area contributed by atoms with Gasteiger partial charge in [-0.3, -0.25) is 24.1 Å². The Morgan fingerprint density at radius 2 is 1.56 bits per heavy atom. The molecule has 0 radical (unpaired) electrons. The van der Waals surface area contributed by atoms with Crippen LogP contribution in [-0.2, 0) is 9.59 Å². The number of amides is 4. The van der Waals surface area contributed by atoms with Crippen LogP contribution in [0.25, 0.3) is 0 Å². The second-order valence-electron chi connectivity index (χ2n) is 7.50. The minimum Gasteiger partial charge on any atom is -0.353 e. The van der Waals surface area contributed by atoms with Gasteiger partial charge >= 0.3 is 0 Å². The second kappa shape index (κ2) is 7.13. The normalized spacial score (nSPS) is 20.0. The number of benzene rings is 1. The van der Waals surface area contributed by atoms with Gasteiger partial charge in [0.15, 0.2) is 0 Å². The Labute approximate surface area is 157 Å². The molecule has 0 atom stereocenters. The number of nitrogens with one attached hydrogen (secondary N) is 1. The first-order valence-electron chi connectivity index (χ1n) is 9.58. The van der Waals surface area contributed by atoms with Gasteiger partial charge in [-0.1, -0.05) is 12.1 Å². The first-order chi connectivity index (χ1) is 13.0. The quantitative estimate of drug-likeness (QED) is 0.790. The molecule has 1 saturated heterocycles. The maximum Gasteiger partial charge on any atom is 0.261 e. The summed E-state index contributed by atoms with van der Waals surface area (Å²) < 4.78 is 0. The summed E-state index contributed by atoms with van der Waals surface area (Å²) in [6.07, 6.45) is 3.60. The molecule has 3 aliphatic rings. The first-order valence-corrected chi connectivity index (χ1v) is 9.58. The average molecular weight is 369 g/mol. The molecule has 4 amide bonds. The number of likely N-dealkylation sites (tertiary alicyclic amines) is 1. The van der Waals surface area contributed by atoms with E-state index in [4.69, 9.17) is 0 Å². The van der Waals surface area contributed by atoms with Crippen LogP contribution in [0.2, 0.25) is 0 Å². The van der Waals surface area contributed by atoms with E-state index in [2.05, 4.69) is 5.32 Å². The van der Waals surface area contributed by atoms with Crippen molar-refractivity contribution < 1.29 is 19.2 Å². The van der Waals surface area contributed by atoms with Crippen LogP contribution in [0.3, 0.4) is 0 Å². The zero-order chi connectivity index (χ0) is 19.0. The molecule has 1 aromatic carbocycles. The predicted molar refractivity (Wildman–Crippen MR) is 96.9 cm³/mol. The highest BCUT2D eigenvalue weighted by atomic mass is 16.2. The summed E-state index contributed by atoms with van der Waals surface area (Å²) in [6, 6.07) is 6.87. The van der Waals surface area contributed by atoms with Crippen LogP contribution in [0.1, 0.15) is 52.8 Å². The van der Waals surface area contributed by atoms with Crippen LogP contribution in [0.15, 0.2) is 24.3 Å². The van der Waals surface area contributed by atoms with Crippen LogP contribution in [0.4, 0.5) is 0 Å². The first kappa shape index (κ1) is 17.7. The van der Waals surface area contributed by atoms with Crippen molar-refractivity contribution in [2.24, 2.45) is 5.92 Å². The lowest BCUT2D eigenvalue weighted by Gasteiger charge is -2.32. The molecule has 142 valence electrons. The summed E-state index contributed by atoms with van der Waals surface area (Å²) in [5, 5.41) is 3.06. The van der Waals surface area contributed by atoms with Gasteiger partial charge in [-0.25, -0.2) is 0 Å². The molecule has 7 heteroatoms. The molecule has 7 nitrogen and oxygen atoms in total. The highest BCUT2D eigenvalue weighted by Gasteiger charge is 2.36. The number of hydrogen-bond acceptors (Lipinski definition) is 4. The SMILES string of the molecule is O=C(NC1CCN(C(=O)CCN2C(=O)c3ccccc3C2=O)CC1)C1CC1. The number of rotatable bonds is 5. The Bertz CT molecular complexity index is 759. The monoisotopic (exact) mass is 369 g/mol. The molecule has 1 N–H and O–H groups in total. The van der Waals surface area contributed by atoms with E-state index in [1.54, 1.807) is 29.2 Å². The minimum absolute atomic E-state index is 0.0569. The molecular formula is C20H23N3O4. The van der Waals surface area contributed by atoms with Crippen LogP contribution in [0, 0.1) is 5.92 Å². The van der Waals surface area contributed by atoms with E-state index in [-0.39, 0.29) is 48.6 Å². The number of nitrogens with zero attached hydrogens (tertiary/aromatic N) is 2. The molecule has 0 aromatic heterocycles. The molecule has 0 bridgehead atoms. The molecule has 2 fully saturated rings. The molecule has 27 heavy (non-hydrogen) atoms. The highest BCUT2D eigenvalue weighted by molar-refractivity contribution is 6.21. The molecular weight excluding hydrogens is 346 g/mol. The summed E-state index contributed by atoms with van der Waals surface area (Å²) >= 11 is 0. The van der Waals surface area contributed by atoms with Gasteiger partial charge in [0.2, 0.25) is 11.8 Å². The van der Waals surface area contributed by atoms with Gasteiger partial charge in [0.05, 0.1) is 11.1 Å². The second-order valence-corrected chi connectivity index (χ2v) is 7.50. The topological polar surface area (TPSA) is 86.8 Å². The maximum atomic E-state index is 12.5. The van der Waals surface area contributed by atoms with Gasteiger partial charge in [0.1, 0.15) is 0 Å². The molecule has 0 unspecified atom stereocenters. The van der Waals surface area contributed by atoms with Crippen molar-refractivity contribution in [1.29, 1.82) is 0 Å². The molecule has 1 aromatic rings. The molecule has 0 spiro atoms. The van der Waals surface area contributed by atoms with E-state index in [1.807, 2.05) is 0 Å². The third-order valence-electron chi connectivity index (χ3n) is 5.57. The number of piperidine rings is 1. The predicted octanol–water partition coefficient (Wildman–Crippen LogP) is 1.19. The molecule has 1 aliphatic carbocycles. The van der Waals surface area contributed by atoms with E-state index >= 15 is 0 Å². The van der Waals surface area contributed by atoms with Crippen molar-refractivity contribution in [2.45, 2.75) is 38.1 Å². The van der Waals surface area contributed by atoms with Crippen LogP contribution < -0.4 is 5.32 Å². The lowest BCUT2D eigenvalue weighted by Crippen LogP contribution is -2.47. The van der Waals surface area contributed by atoms with Crippen molar-refractivity contribution >= 4 is 23.6 Å². The van der Waals surface area contributed by atoms with Gasteiger partial charge in [-0.2, -0.15) is 0 Å². The molecule has 4 rings (SSSR count). The Kier molecular flexibility index (Phi) is 4.68. The number of carbonyl (C=O) groups excluding carboxylic acids is 4. The highest BCUT2D eigenvalue weighted by Crippen LogP contribution is 2.29. The third-order valence-corrected chi connectivity index (χ3v) is 5.57. The van der Waals surface area contributed by atoms with E-state index < -0.39 is 0 Å². The lowest BCUT2D eigenvalue weighted by molar-refractivity contribution is -0.132. The standard InChI is InChI=1S/C20H23N3O4/c24-17(22-10-7-14(8-11-22)21-18(25)13-5-6-13)9-12-23-19(26)15-3-1-2-4-16(15)20(23)27/h1-4,13-14H,5-12H2,(H,21,25). The third kappa shape index (κ3) is 3.59. The zero-order valence-electron chi connectivity index (χ0n) is 15.1. The number of hydrogen-bond donors (Lipinski definition) is 1. The average Bonchev–Trinajstić information content (AvgIpc) is 3.50. The molecule has 1 saturated carbocycles. The van der Waals surface area contributed by atoms with E-state index in [1.165, 1.54) is 0 Å². The minimum atomic E-state index is -0.329. The fraction of sp³-hybridized carbons (Fsp3) is 0.500. The molecule has 2 aliphatic heterocycles. The van der Waals surface area contributed by atoms with Gasteiger partial charge in [-0.05, 0) is 37.8 Å². The maximum absolute atomic E-state index is 12.5. The van der Waals surface area contributed by atoms with Gasteiger partial charge in [0.25, 0.3) is 11.8 Å². The summed E-state index contributed by atoms with van der Waals surface area (Å²) in [5.74, 6) is -0.372. The van der Waals surface area contributed by atoms with E-state index in [9.17, 15) is 19.2 Å². The number of carbonyl (C=O) groups is 4. The number of imide groups is 1. The fourth-order valence-electron chi connectivity index (χ4n) is 3.75. The summed E-state index contributed by atoms with van der Waals surface area (Å²) in [5.41, 5.74) is 0.810. The van der Waals surface area contributed by atoms with Crippen LogP contribution >= 0.6 is 0 Å². The van der Waals surface area contributed by atoms with Crippen LogP contribution in [-0.4, -0.2) is 59.1 Å².